The van der Waals surface area contributed by atoms with E-state index in [1.165, 1.54) is 32.2 Å². The summed E-state index contributed by atoms with van der Waals surface area (Å²) in [4.78, 5) is 38.4. The summed E-state index contributed by atoms with van der Waals surface area (Å²) in [6.07, 6.45) is -3.09. The first-order chi connectivity index (χ1) is 17.4. The Morgan fingerprint density at radius 3 is 2.59 bits per heavy atom. The van der Waals surface area contributed by atoms with Gasteiger partial charge in [0.25, 0.3) is 5.56 Å². The number of nitriles is 1. The maximum Gasteiger partial charge on any atom is 0.459 e. The number of aryl methyl sites for hydroxylation is 1. The van der Waals surface area contributed by atoms with Gasteiger partial charge in [-0.1, -0.05) is 18.2 Å². The molecule has 0 amide bonds. The number of nitrogens with zero attached hydrogens (tertiary/aromatic N) is 2. The number of carbonyl (C=O) groups is 1. The van der Waals surface area contributed by atoms with Crippen molar-refractivity contribution in [2.75, 3.05) is 6.61 Å². The van der Waals surface area contributed by atoms with Crippen LogP contribution in [0.1, 0.15) is 32.6 Å². The average Bonchev–Trinajstić information content (AvgIpc) is 3.15. The molecule has 0 spiro atoms. The molecule has 37 heavy (non-hydrogen) atoms. The molecule has 1 unspecified atom stereocenters. The molecule has 13 nitrogen and oxygen atoms in total. The summed E-state index contributed by atoms with van der Waals surface area (Å²) in [6.45, 7) is 5.68. The lowest BCUT2D eigenvalue weighted by Crippen LogP contribution is -2.37. The van der Waals surface area contributed by atoms with E-state index >= 15 is 0 Å². The number of benzene rings is 1. The Morgan fingerprint density at radius 2 is 1.97 bits per heavy atom. The summed E-state index contributed by atoms with van der Waals surface area (Å²) in [7, 11) is -4.26. The maximum atomic E-state index is 13.6. The van der Waals surface area contributed by atoms with E-state index in [0.717, 1.165) is 4.57 Å². The van der Waals surface area contributed by atoms with E-state index in [9.17, 15) is 29.3 Å². The third-order valence-electron chi connectivity index (χ3n) is 5.37. The van der Waals surface area contributed by atoms with Crippen molar-refractivity contribution in [1.29, 1.82) is 5.26 Å². The minimum Gasteiger partial charge on any atom is -0.462 e. The van der Waals surface area contributed by atoms with Crippen LogP contribution in [0, 0.1) is 24.2 Å². The molecule has 1 fully saturated rings. The van der Waals surface area contributed by atoms with Gasteiger partial charge in [0.2, 0.25) is 0 Å². The number of para-hydroxylation sites is 1. The molecule has 0 saturated carbocycles. The number of aromatic nitrogens is 2. The van der Waals surface area contributed by atoms with Gasteiger partial charge in [-0.15, -0.1) is 0 Å². The number of hydrogen-bond acceptors (Lipinski definition) is 10. The average molecular weight is 536 g/mol. The normalized spacial score (nSPS) is 23.7. The molecule has 0 radical (unpaired) electrons. The van der Waals surface area contributed by atoms with Gasteiger partial charge in [0.1, 0.15) is 29.9 Å². The van der Waals surface area contributed by atoms with Gasteiger partial charge in [-0.2, -0.15) is 10.3 Å². The number of aliphatic hydroxyl groups excluding tert-OH is 1. The first kappa shape index (κ1) is 28.3. The highest BCUT2D eigenvalue weighted by Gasteiger charge is 2.47. The number of esters is 1. The van der Waals surface area contributed by atoms with Crippen LogP contribution in [0.15, 0.2) is 46.1 Å². The summed E-state index contributed by atoms with van der Waals surface area (Å²) in [6, 6.07) is 8.88. The van der Waals surface area contributed by atoms with Crippen molar-refractivity contribution < 1.29 is 33.0 Å². The number of H-pyrrole nitrogens is 1. The van der Waals surface area contributed by atoms with E-state index in [1.54, 1.807) is 32.0 Å². The van der Waals surface area contributed by atoms with Crippen LogP contribution in [0.2, 0.25) is 0 Å². The summed E-state index contributed by atoms with van der Waals surface area (Å²) in [5, 5.41) is 22.8. The number of aliphatic hydroxyl groups is 1. The van der Waals surface area contributed by atoms with Crippen molar-refractivity contribution in [2.24, 2.45) is 5.92 Å². The van der Waals surface area contributed by atoms with E-state index in [-0.39, 0.29) is 11.3 Å². The third kappa shape index (κ3) is 6.94. The molecule has 1 saturated heterocycles. The summed E-state index contributed by atoms with van der Waals surface area (Å²) >= 11 is 0. The smallest absolute Gasteiger partial charge is 0.459 e. The predicted molar refractivity (Wildman–Crippen MR) is 130 cm³/mol. The van der Waals surface area contributed by atoms with Crippen LogP contribution < -0.4 is 20.9 Å². The molecule has 14 heteroatoms. The van der Waals surface area contributed by atoms with Gasteiger partial charge in [0, 0.05) is 11.8 Å². The van der Waals surface area contributed by atoms with Crippen LogP contribution in [0.5, 0.6) is 5.75 Å². The monoisotopic (exact) mass is 536 g/mol. The molecule has 1 aliphatic heterocycles. The van der Waals surface area contributed by atoms with Crippen molar-refractivity contribution >= 4 is 13.7 Å². The first-order valence-electron chi connectivity index (χ1n) is 11.5. The van der Waals surface area contributed by atoms with Crippen molar-refractivity contribution in [1.82, 2.24) is 14.6 Å². The Hall–Kier alpha value is -3.27. The predicted octanol–water partition coefficient (Wildman–Crippen LogP) is 1.38. The third-order valence-corrected chi connectivity index (χ3v) is 7.02. The van der Waals surface area contributed by atoms with Crippen LogP contribution in [0.4, 0.5) is 0 Å². The maximum absolute atomic E-state index is 13.6. The second-order valence-corrected chi connectivity index (χ2v) is 10.4. The number of carbonyl (C=O) groups excluding carboxylic acids is 1. The number of nitrogens with one attached hydrogen (secondary N) is 2. The molecule has 3 N–H and O–H groups in total. The Labute approximate surface area is 212 Å². The topological polar surface area (TPSA) is 182 Å². The fraction of sp³-hybridized carbons (Fsp3) is 0.478. The van der Waals surface area contributed by atoms with E-state index in [1.807, 2.05) is 6.07 Å². The van der Waals surface area contributed by atoms with Gasteiger partial charge in [-0.3, -0.25) is 23.7 Å². The fourth-order valence-electron chi connectivity index (χ4n) is 3.54. The Morgan fingerprint density at radius 1 is 1.30 bits per heavy atom. The largest absolute Gasteiger partial charge is 0.462 e. The minimum atomic E-state index is -4.26. The Bertz CT molecular complexity index is 1300. The molecule has 0 bridgehead atoms. The van der Waals surface area contributed by atoms with Gasteiger partial charge in [0.05, 0.1) is 18.8 Å². The summed E-state index contributed by atoms with van der Waals surface area (Å²) < 4.78 is 36.6. The molecule has 3 rings (SSSR count). The van der Waals surface area contributed by atoms with Crippen LogP contribution in [-0.4, -0.2) is 51.6 Å². The quantitative estimate of drug-likeness (QED) is 0.295. The van der Waals surface area contributed by atoms with Crippen molar-refractivity contribution in [3.05, 3.63) is 62.9 Å². The van der Waals surface area contributed by atoms with Crippen LogP contribution >= 0.6 is 7.75 Å². The summed E-state index contributed by atoms with van der Waals surface area (Å²) in [5.41, 5.74) is -1.23. The van der Waals surface area contributed by atoms with Crippen molar-refractivity contribution in [2.45, 2.75) is 58.3 Å². The highest BCUT2D eigenvalue weighted by atomic mass is 31.2. The second kappa shape index (κ2) is 11.9. The second-order valence-electron chi connectivity index (χ2n) is 8.72. The SMILES string of the molecule is Cc1cn([C@H]2O[C@@H](CO[P@](=O)(N[C@@H](C)C(=O)OC(C)C)Oc3ccccc3)C(O)[C@H]2C#N)c(=O)[nH]c1=O. The lowest BCUT2D eigenvalue weighted by Gasteiger charge is -2.25. The fourth-order valence-corrected chi connectivity index (χ4v) is 5.04. The Kier molecular flexibility index (Phi) is 9.07. The molecular formula is C23H29N4O9P. The molecule has 1 aromatic carbocycles. The molecule has 6 atom stereocenters. The van der Waals surface area contributed by atoms with Gasteiger partial charge in [0.15, 0.2) is 6.23 Å². The zero-order valence-electron chi connectivity index (χ0n) is 20.7. The van der Waals surface area contributed by atoms with Gasteiger partial charge >= 0.3 is 19.4 Å². The van der Waals surface area contributed by atoms with Crippen molar-refractivity contribution in [3.63, 3.8) is 0 Å². The molecule has 1 aliphatic rings. The van der Waals surface area contributed by atoms with Gasteiger partial charge in [-0.25, -0.2) is 9.36 Å². The molecular weight excluding hydrogens is 507 g/mol. The molecule has 200 valence electrons. The summed E-state index contributed by atoms with van der Waals surface area (Å²) in [5.74, 6) is -1.72. The lowest BCUT2D eigenvalue weighted by atomic mass is 10.0. The number of rotatable bonds is 10. The Balaban J connectivity index is 1.81. The van der Waals surface area contributed by atoms with E-state index < -0.39 is 68.1 Å². The zero-order chi connectivity index (χ0) is 27.3. The van der Waals surface area contributed by atoms with Crippen molar-refractivity contribution in [3.8, 4) is 11.8 Å². The van der Waals surface area contributed by atoms with Crippen LogP contribution in [0.25, 0.3) is 0 Å². The number of hydrogen-bond donors (Lipinski definition) is 3. The number of ether oxygens (including phenoxy) is 2. The van der Waals surface area contributed by atoms with E-state index in [0.29, 0.717) is 0 Å². The number of aromatic amines is 1. The highest BCUT2D eigenvalue weighted by Crippen LogP contribution is 2.46. The van der Waals surface area contributed by atoms with E-state index in [2.05, 4.69) is 10.1 Å². The molecule has 1 aromatic heterocycles. The van der Waals surface area contributed by atoms with Crippen LogP contribution in [-0.2, 0) is 23.4 Å². The zero-order valence-corrected chi connectivity index (χ0v) is 21.6. The van der Waals surface area contributed by atoms with Crippen LogP contribution in [0.3, 0.4) is 0 Å². The van der Waals surface area contributed by atoms with Gasteiger partial charge in [-0.05, 0) is 39.8 Å². The standard InChI is InChI=1S/C23H29N4O9P/c1-13(2)34-22(30)15(4)26-37(32,36-16-8-6-5-7-9-16)33-12-18-19(28)17(10-24)21(35-18)27-11-14(3)20(29)25-23(27)31/h5-9,11,13,15,17-19,21,28H,12H2,1-4H3,(H,26,32)(H,25,29,31)/t15-,17+,18-,19?,21-,37+/m0/s1. The van der Waals surface area contributed by atoms with E-state index in [4.69, 9.17) is 18.5 Å². The first-order valence-corrected chi connectivity index (χ1v) is 13.0. The highest BCUT2D eigenvalue weighted by molar-refractivity contribution is 7.52. The molecule has 0 aliphatic carbocycles. The lowest BCUT2D eigenvalue weighted by molar-refractivity contribution is -0.149. The molecule has 2 aromatic rings. The molecule has 2 heterocycles. The minimum absolute atomic E-state index is 0.179. The van der Waals surface area contributed by atoms with Gasteiger partial charge < -0.3 is 19.1 Å².